The number of hydrogen-bond donors (Lipinski definition) is 1. The Balaban J connectivity index is 1.99. The normalized spacial score (nSPS) is 23.9. The first-order chi connectivity index (χ1) is 7.34. The fraction of sp³-hybridized carbons (Fsp3) is 0.500. The van der Waals surface area contributed by atoms with Crippen LogP contribution in [0.25, 0.3) is 0 Å². The van der Waals surface area contributed by atoms with Crippen LogP contribution in [-0.4, -0.2) is 13.2 Å². The average Bonchev–Trinajstić information content (AvgIpc) is 2.88. The topological polar surface area (TPSA) is 21.3 Å². The Morgan fingerprint density at radius 3 is 3.13 bits per heavy atom. The summed E-state index contributed by atoms with van der Waals surface area (Å²) in [7, 11) is 0. The first kappa shape index (κ1) is 9.49. The molecule has 0 saturated carbocycles. The zero-order valence-corrected chi connectivity index (χ0v) is 9.31. The van der Waals surface area contributed by atoms with E-state index in [2.05, 4.69) is 17.4 Å². The average molecular weight is 224 g/mol. The van der Waals surface area contributed by atoms with Gasteiger partial charge in [-0.2, -0.15) is 0 Å². The van der Waals surface area contributed by atoms with Gasteiger partial charge in [-0.05, 0) is 36.6 Å². The van der Waals surface area contributed by atoms with E-state index in [0.717, 1.165) is 30.3 Å². The molecule has 1 aromatic rings. The van der Waals surface area contributed by atoms with Crippen LogP contribution in [0.5, 0.6) is 5.75 Å². The van der Waals surface area contributed by atoms with Gasteiger partial charge in [-0.25, -0.2) is 0 Å². The highest BCUT2D eigenvalue weighted by molar-refractivity contribution is 6.32. The van der Waals surface area contributed by atoms with Gasteiger partial charge < -0.3 is 10.1 Å². The number of hydrogen-bond acceptors (Lipinski definition) is 2. The van der Waals surface area contributed by atoms with E-state index in [-0.39, 0.29) is 0 Å². The first-order valence-electron chi connectivity index (χ1n) is 5.53. The third kappa shape index (κ3) is 1.62. The molecule has 1 fully saturated rings. The lowest BCUT2D eigenvalue weighted by Gasteiger charge is -2.12. The molecule has 0 aromatic heterocycles. The van der Waals surface area contributed by atoms with Crippen LogP contribution in [0.2, 0.25) is 5.02 Å². The van der Waals surface area contributed by atoms with Crippen LogP contribution in [0.4, 0.5) is 0 Å². The van der Waals surface area contributed by atoms with Crippen LogP contribution in [0.15, 0.2) is 12.1 Å². The SMILES string of the molecule is Clc1cc([C@@H]2CCCN2)cc2c1OCC2. The zero-order chi connectivity index (χ0) is 10.3. The monoisotopic (exact) mass is 223 g/mol. The van der Waals surface area contributed by atoms with Crippen molar-refractivity contribution >= 4 is 11.6 Å². The molecule has 2 heterocycles. The van der Waals surface area contributed by atoms with Gasteiger partial charge in [0.05, 0.1) is 11.6 Å². The summed E-state index contributed by atoms with van der Waals surface area (Å²) in [6.45, 7) is 1.90. The minimum absolute atomic E-state index is 0.494. The highest BCUT2D eigenvalue weighted by atomic mass is 35.5. The maximum atomic E-state index is 6.20. The van der Waals surface area contributed by atoms with Crippen molar-refractivity contribution in [3.63, 3.8) is 0 Å². The summed E-state index contributed by atoms with van der Waals surface area (Å²) in [5.74, 6) is 0.901. The number of ether oxygens (including phenoxy) is 1. The lowest BCUT2D eigenvalue weighted by molar-refractivity contribution is 0.357. The van der Waals surface area contributed by atoms with Gasteiger partial charge in [-0.1, -0.05) is 17.7 Å². The molecule has 3 heteroatoms. The van der Waals surface area contributed by atoms with Crippen LogP contribution in [-0.2, 0) is 6.42 Å². The molecule has 1 N–H and O–H groups in total. The largest absolute Gasteiger partial charge is 0.491 e. The molecule has 2 aliphatic rings. The van der Waals surface area contributed by atoms with Crippen molar-refractivity contribution in [2.75, 3.05) is 13.2 Å². The van der Waals surface area contributed by atoms with Gasteiger partial charge in [0.15, 0.2) is 0 Å². The summed E-state index contributed by atoms with van der Waals surface area (Å²) >= 11 is 6.20. The number of fused-ring (bicyclic) bond motifs is 1. The zero-order valence-electron chi connectivity index (χ0n) is 8.55. The van der Waals surface area contributed by atoms with E-state index in [1.54, 1.807) is 0 Å². The standard InChI is InChI=1S/C12H14ClNO/c13-10-7-9(11-2-1-4-14-11)6-8-3-5-15-12(8)10/h6-7,11,14H,1-5H2/t11-/m0/s1. The van der Waals surface area contributed by atoms with Crippen molar-refractivity contribution in [2.45, 2.75) is 25.3 Å². The Morgan fingerprint density at radius 2 is 2.33 bits per heavy atom. The van der Waals surface area contributed by atoms with Gasteiger partial charge >= 0.3 is 0 Å². The van der Waals surface area contributed by atoms with Crippen molar-refractivity contribution < 1.29 is 4.74 Å². The molecule has 0 aliphatic carbocycles. The van der Waals surface area contributed by atoms with Crippen LogP contribution in [0.3, 0.4) is 0 Å². The highest BCUT2D eigenvalue weighted by Crippen LogP contribution is 2.37. The van der Waals surface area contributed by atoms with Crippen LogP contribution in [0, 0.1) is 0 Å². The van der Waals surface area contributed by atoms with E-state index in [4.69, 9.17) is 16.3 Å². The summed E-state index contributed by atoms with van der Waals surface area (Å²) in [6, 6.07) is 4.79. The molecule has 80 valence electrons. The highest BCUT2D eigenvalue weighted by Gasteiger charge is 2.22. The van der Waals surface area contributed by atoms with Crippen molar-refractivity contribution in [1.29, 1.82) is 0 Å². The molecule has 1 saturated heterocycles. The molecule has 0 radical (unpaired) electrons. The van der Waals surface area contributed by atoms with E-state index >= 15 is 0 Å². The lowest BCUT2D eigenvalue weighted by Crippen LogP contribution is -2.12. The molecular formula is C12H14ClNO. The summed E-state index contributed by atoms with van der Waals surface area (Å²) in [5.41, 5.74) is 2.59. The van der Waals surface area contributed by atoms with Gasteiger partial charge in [-0.15, -0.1) is 0 Å². The molecule has 0 unspecified atom stereocenters. The quantitative estimate of drug-likeness (QED) is 0.791. The molecule has 0 bridgehead atoms. The smallest absolute Gasteiger partial charge is 0.141 e. The second-order valence-electron chi connectivity index (χ2n) is 4.24. The van der Waals surface area contributed by atoms with Crippen molar-refractivity contribution in [3.05, 3.63) is 28.3 Å². The van der Waals surface area contributed by atoms with Crippen molar-refractivity contribution in [2.24, 2.45) is 0 Å². The minimum Gasteiger partial charge on any atom is -0.491 e. The minimum atomic E-state index is 0.494. The summed E-state index contributed by atoms with van der Waals surface area (Å²) < 4.78 is 5.49. The fourth-order valence-corrected chi connectivity index (χ4v) is 2.76. The van der Waals surface area contributed by atoms with E-state index in [9.17, 15) is 0 Å². The van der Waals surface area contributed by atoms with E-state index < -0.39 is 0 Å². The maximum absolute atomic E-state index is 6.20. The Morgan fingerprint density at radius 1 is 1.40 bits per heavy atom. The Labute approximate surface area is 94.6 Å². The van der Waals surface area contributed by atoms with Gasteiger partial charge in [0.1, 0.15) is 5.75 Å². The maximum Gasteiger partial charge on any atom is 0.141 e. The van der Waals surface area contributed by atoms with E-state index in [1.807, 2.05) is 0 Å². The van der Waals surface area contributed by atoms with Gasteiger partial charge in [0, 0.05) is 12.5 Å². The number of halogens is 1. The molecular weight excluding hydrogens is 210 g/mol. The fourth-order valence-electron chi connectivity index (χ4n) is 2.45. The number of rotatable bonds is 1. The molecule has 2 aliphatic heterocycles. The van der Waals surface area contributed by atoms with Gasteiger partial charge in [0.2, 0.25) is 0 Å². The summed E-state index contributed by atoms with van der Waals surface area (Å²) in [5, 5.41) is 4.26. The third-order valence-corrected chi connectivity index (χ3v) is 3.50. The molecule has 2 nitrogen and oxygen atoms in total. The van der Waals surface area contributed by atoms with Gasteiger partial charge in [-0.3, -0.25) is 0 Å². The second kappa shape index (κ2) is 3.69. The molecule has 0 spiro atoms. The Bertz CT molecular complexity index is 385. The predicted octanol–water partition coefficient (Wildman–Crippen LogP) is 2.70. The molecule has 0 amide bonds. The molecule has 15 heavy (non-hydrogen) atoms. The predicted molar refractivity (Wildman–Crippen MR) is 60.6 cm³/mol. The third-order valence-electron chi connectivity index (χ3n) is 3.22. The molecule has 1 aromatic carbocycles. The second-order valence-corrected chi connectivity index (χ2v) is 4.65. The van der Waals surface area contributed by atoms with E-state index in [1.165, 1.54) is 24.0 Å². The Kier molecular flexibility index (Phi) is 2.33. The van der Waals surface area contributed by atoms with E-state index in [0.29, 0.717) is 6.04 Å². The van der Waals surface area contributed by atoms with Crippen LogP contribution in [0.1, 0.15) is 30.0 Å². The van der Waals surface area contributed by atoms with Gasteiger partial charge in [0.25, 0.3) is 0 Å². The Hall–Kier alpha value is -0.730. The van der Waals surface area contributed by atoms with Crippen molar-refractivity contribution in [1.82, 2.24) is 5.32 Å². The molecule has 3 rings (SSSR count). The first-order valence-corrected chi connectivity index (χ1v) is 5.91. The number of nitrogens with one attached hydrogen (secondary N) is 1. The molecule has 1 atom stereocenters. The van der Waals surface area contributed by atoms with Crippen LogP contribution >= 0.6 is 11.6 Å². The summed E-state index contributed by atoms with van der Waals surface area (Å²) in [4.78, 5) is 0. The number of benzene rings is 1. The summed E-state index contributed by atoms with van der Waals surface area (Å²) in [6.07, 6.45) is 3.47. The van der Waals surface area contributed by atoms with Crippen LogP contribution < -0.4 is 10.1 Å². The lowest BCUT2D eigenvalue weighted by atomic mass is 10.0. The van der Waals surface area contributed by atoms with Crippen molar-refractivity contribution in [3.8, 4) is 5.75 Å².